The maximum atomic E-state index is 13.5. The van der Waals surface area contributed by atoms with E-state index >= 15 is 0 Å². The molecule has 0 spiro atoms. The number of fused-ring (bicyclic) bond motifs is 1. The van der Waals surface area contributed by atoms with E-state index in [9.17, 15) is 4.79 Å². The van der Waals surface area contributed by atoms with E-state index in [1.165, 1.54) is 0 Å². The Bertz CT molecular complexity index is 1400. The number of benzene rings is 3. The van der Waals surface area contributed by atoms with E-state index in [4.69, 9.17) is 30.8 Å². The molecule has 0 saturated carbocycles. The second kappa shape index (κ2) is 9.38. The van der Waals surface area contributed by atoms with Crippen molar-refractivity contribution in [3.05, 3.63) is 86.9 Å². The molecule has 0 aliphatic rings. The lowest BCUT2D eigenvalue weighted by Gasteiger charge is -2.14. The number of nitrogens with zero attached hydrogens (tertiary/aromatic N) is 2. The summed E-state index contributed by atoms with van der Waals surface area (Å²) < 4.78 is 17.9. The van der Waals surface area contributed by atoms with E-state index in [1.54, 1.807) is 50.2 Å². The molecule has 4 rings (SSSR count). The lowest BCUT2D eigenvalue weighted by Crippen LogP contribution is -2.22. The smallest absolute Gasteiger partial charge is 0.266 e. The molecule has 0 bridgehead atoms. The number of aromatic nitrogens is 2. The molecule has 0 saturated heterocycles. The number of ether oxygens (including phenoxy) is 3. The molecule has 0 atom stereocenters. The highest BCUT2D eigenvalue weighted by Gasteiger charge is 2.14. The van der Waals surface area contributed by atoms with Crippen LogP contribution < -0.4 is 19.8 Å². The molecule has 1 aromatic heterocycles. The van der Waals surface area contributed by atoms with Gasteiger partial charge < -0.3 is 14.2 Å². The van der Waals surface area contributed by atoms with Crippen molar-refractivity contribution in [1.82, 2.24) is 9.55 Å². The van der Waals surface area contributed by atoms with Crippen LogP contribution in [0.2, 0.25) is 5.02 Å². The molecule has 6 nitrogen and oxygen atoms in total. The zero-order valence-electron chi connectivity index (χ0n) is 18.8. The van der Waals surface area contributed by atoms with Crippen molar-refractivity contribution in [3.63, 3.8) is 0 Å². The van der Waals surface area contributed by atoms with Crippen LogP contribution in [-0.4, -0.2) is 30.9 Å². The first-order valence-electron chi connectivity index (χ1n) is 10.2. The van der Waals surface area contributed by atoms with Gasteiger partial charge in [-0.2, -0.15) is 0 Å². The number of methoxy groups -OCH3 is 3. The van der Waals surface area contributed by atoms with E-state index < -0.39 is 0 Å². The van der Waals surface area contributed by atoms with Gasteiger partial charge in [-0.15, -0.1) is 0 Å². The SMILES string of the molecule is COc1cc(/C=C/c2nc3cc(Cl)ccc3c(=O)n2-c2cccc(C)c2)cc(OC)c1OC. The molecule has 33 heavy (non-hydrogen) atoms. The summed E-state index contributed by atoms with van der Waals surface area (Å²) in [5.41, 5.74) is 2.91. The predicted octanol–water partition coefficient (Wildman–Crippen LogP) is 5.54. The third kappa shape index (κ3) is 4.43. The van der Waals surface area contributed by atoms with Gasteiger partial charge in [0.25, 0.3) is 5.56 Å². The van der Waals surface area contributed by atoms with Crippen LogP contribution in [0.3, 0.4) is 0 Å². The van der Waals surface area contributed by atoms with Crippen LogP contribution in [0.1, 0.15) is 17.0 Å². The monoisotopic (exact) mass is 462 g/mol. The Balaban J connectivity index is 1.92. The van der Waals surface area contributed by atoms with Crippen molar-refractivity contribution in [1.29, 1.82) is 0 Å². The summed E-state index contributed by atoms with van der Waals surface area (Å²) in [6.45, 7) is 1.98. The number of hydrogen-bond donors (Lipinski definition) is 0. The summed E-state index contributed by atoms with van der Waals surface area (Å²) in [6.07, 6.45) is 3.62. The van der Waals surface area contributed by atoms with E-state index in [-0.39, 0.29) is 5.56 Å². The molecule has 0 N–H and O–H groups in total. The molecule has 7 heteroatoms. The topological polar surface area (TPSA) is 62.6 Å². The average Bonchev–Trinajstić information content (AvgIpc) is 2.81. The Morgan fingerprint density at radius 3 is 2.27 bits per heavy atom. The number of hydrogen-bond acceptors (Lipinski definition) is 5. The van der Waals surface area contributed by atoms with Crippen molar-refractivity contribution in [3.8, 4) is 22.9 Å². The molecule has 0 amide bonds. The van der Waals surface area contributed by atoms with Crippen LogP contribution in [-0.2, 0) is 0 Å². The Hall–Kier alpha value is -3.77. The first-order valence-corrected chi connectivity index (χ1v) is 10.6. The quantitative estimate of drug-likeness (QED) is 0.376. The first kappa shape index (κ1) is 22.4. The minimum atomic E-state index is -0.174. The van der Waals surface area contributed by atoms with Gasteiger partial charge in [-0.05, 0) is 66.6 Å². The summed E-state index contributed by atoms with van der Waals surface area (Å²) in [5, 5.41) is 1.01. The maximum absolute atomic E-state index is 13.5. The molecule has 0 fully saturated rings. The maximum Gasteiger partial charge on any atom is 0.266 e. The summed E-state index contributed by atoms with van der Waals surface area (Å²) in [4.78, 5) is 18.2. The van der Waals surface area contributed by atoms with Crippen molar-refractivity contribution >= 4 is 34.7 Å². The average molecular weight is 463 g/mol. The fraction of sp³-hybridized carbons (Fsp3) is 0.154. The van der Waals surface area contributed by atoms with Crippen molar-refractivity contribution in [2.75, 3.05) is 21.3 Å². The zero-order chi connectivity index (χ0) is 23.5. The number of aryl methyl sites for hydroxylation is 1. The zero-order valence-corrected chi connectivity index (χ0v) is 19.5. The predicted molar refractivity (Wildman–Crippen MR) is 132 cm³/mol. The van der Waals surface area contributed by atoms with Gasteiger partial charge in [0.1, 0.15) is 5.82 Å². The van der Waals surface area contributed by atoms with E-state index in [0.717, 1.165) is 16.8 Å². The fourth-order valence-corrected chi connectivity index (χ4v) is 3.84. The number of rotatable bonds is 6. The van der Waals surface area contributed by atoms with Gasteiger partial charge in [0.05, 0.1) is 37.9 Å². The second-order valence-electron chi connectivity index (χ2n) is 7.40. The van der Waals surface area contributed by atoms with Gasteiger partial charge in [-0.25, -0.2) is 4.98 Å². The van der Waals surface area contributed by atoms with Crippen molar-refractivity contribution in [2.24, 2.45) is 0 Å². The summed E-state index contributed by atoms with van der Waals surface area (Å²) in [6, 6.07) is 16.5. The molecule has 0 aliphatic carbocycles. The molecule has 0 radical (unpaired) electrons. The van der Waals surface area contributed by atoms with Crippen LogP contribution in [0.5, 0.6) is 17.2 Å². The molecular formula is C26H23ClN2O4. The highest BCUT2D eigenvalue weighted by molar-refractivity contribution is 6.31. The first-order chi connectivity index (χ1) is 15.9. The van der Waals surface area contributed by atoms with Crippen LogP contribution in [0, 0.1) is 6.92 Å². The van der Waals surface area contributed by atoms with Gasteiger partial charge in [0.15, 0.2) is 11.5 Å². The molecule has 0 unspecified atom stereocenters. The highest BCUT2D eigenvalue weighted by atomic mass is 35.5. The highest BCUT2D eigenvalue weighted by Crippen LogP contribution is 2.38. The van der Waals surface area contributed by atoms with Gasteiger partial charge >= 0.3 is 0 Å². The summed E-state index contributed by atoms with van der Waals surface area (Å²) in [5.74, 6) is 2.04. The van der Waals surface area contributed by atoms with Gasteiger partial charge in [-0.3, -0.25) is 9.36 Å². The van der Waals surface area contributed by atoms with Crippen LogP contribution in [0.4, 0.5) is 0 Å². The van der Waals surface area contributed by atoms with E-state index in [0.29, 0.717) is 39.0 Å². The Morgan fingerprint density at radius 2 is 1.64 bits per heavy atom. The van der Waals surface area contributed by atoms with Gasteiger partial charge in [0, 0.05) is 5.02 Å². The lowest BCUT2D eigenvalue weighted by atomic mass is 10.1. The third-order valence-electron chi connectivity index (χ3n) is 5.23. The minimum Gasteiger partial charge on any atom is -0.493 e. The van der Waals surface area contributed by atoms with E-state index in [1.807, 2.05) is 49.4 Å². The third-order valence-corrected chi connectivity index (χ3v) is 5.46. The van der Waals surface area contributed by atoms with Crippen molar-refractivity contribution < 1.29 is 14.2 Å². The standard InChI is InChI=1S/C26H23ClN2O4/c1-16-6-5-7-19(12-16)29-24(28-21-15-18(27)9-10-20(21)26(29)30)11-8-17-13-22(31-2)25(33-4)23(14-17)32-3/h5-15H,1-4H3/b11-8+. The van der Waals surface area contributed by atoms with Crippen LogP contribution >= 0.6 is 11.6 Å². The molecule has 1 heterocycles. The fourth-order valence-electron chi connectivity index (χ4n) is 3.67. The second-order valence-corrected chi connectivity index (χ2v) is 7.84. The number of halogens is 1. The Kier molecular flexibility index (Phi) is 6.38. The van der Waals surface area contributed by atoms with Crippen molar-refractivity contribution in [2.45, 2.75) is 6.92 Å². The Labute approximate surface area is 196 Å². The van der Waals surface area contributed by atoms with Gasteiger partial charge in [-0.1, -0.05) is 29.8 Å². The summed E-state index contributed by atoms with van der Waals surface area (Å²) >= 11 is 6.16. The molecule has 3 aromatic carbocycles. The lowest BCUT2D eigenvalue weighted by molar-refractivity contribution is 0.324. The Morgan fingerprint density at radius 1 is 0.909 bits per heavy atom. The van der Waals surface area contributed by atoms with Gasteiger partial charge in [0.2, 0.25) is 5.75 Å². The molecule has 168 valence electrons. The largest absolute Gasteiger partial charge is 0.493 e. The minimum absolute atomic E-state index is 0.174. The van der Waals surface area contributed by atoms with Crippen LogP contribution in [0.25, 0.3) is 28.7 Å². The normalized spacial score (nSPS) is 11.2. The molecule has 4 aromatic rings. The molecule has 0 aliphatic heterocycles. The van der Waals surface area contributed by atoms with Crippen LogP contribution in [0.15, 0.2) is 59.4 Å². The summed E-state index contributed by atoms with van der Waals surface area (Å²) in [7, 11) is 4.68. The molecular weight excluding hydrogens is 440 g/mol. The van der Waals surface area contributed by atoms with E-state index in [2.05, 4.69) is 0 Å².